The van der Waals surface area contributed by atoms with Gasteiger partial charge in [0.05, 0.1) is 18.1 Å². The maximum Gasteiger partial charge on any atom is 0.123 e. The molecule has 0 amide bonds. The number of hydrogen-bond donors (Lipinski definition) is 1. The van der Waals surface area contributed by atoms with Gasteiger partial charge in [0.1, 0.15) is 5.82 Å². The first-order valence-electron chi connectivity index (χ1n) is 7.72. The number of likely N-dealkylation sites (tertiary alicyclic amines) is 1. The maximum atomic E-state index is 13.0. The number of imidazole rings is 1. The van der Waals surface area contributed by atoms with Gasteiger partial charge >= 0.3 is 0 Å². The predicted octanol–water partition coefficient (Wildman–Crippen LogP) is 1.98. The van der Waals surface area contributed by atoms with E-state index in [1.807, 2.05) is 36.3 Å². The average molecular weight is 303 g/mol. The lowest BCUT2D eigenvalue weighted by molar-refractivity contribution is 0.0232. The molecule has 0 bridgehead atoms. The summed E-state index contributed by atoms with van der Waals surface area (Å²) in [5, 5.41) is 10.3. The molecule has 2 heterocycles. The van der Waals surface area contributed by atoms with Crippen LogP contribution in [0, 0.1) is 11.7 Å². The minimum Gasteiger partial charge on any atom is -0.393 e. The second-order valence-electron chi connectivity index (χ2n) is 6.18. The molecule has 0 spiro atoms. The van der Waals surface area contributed by atoms with Crippen LogP contribution in [0.4, 0.5) is 4.39 Å². The van der Waals surface area contributed by atoms with Crippen molar-refractivity contribution in [2.75, 3.05) is 13.1 Å². The van der Waals surface area contributed by atoms with Crippen molar-refractivity contribution in [3.8, 4) is 0 Å². The van der Waals surface area contributed by atoms with Crippen molar-refractivity contribution in [2.24, 2.45) is 13.0 Å². The summed E-state index contributed by atoms with van der Waals surface area (Å²) >= 11 is 0. The lowest BCUT2D eigenvalue weighted by atomic mass is 9.88. The van der Waals surface area contributed by atoms with Gasteiger partial charge in [0.2, 0.25) is 0 Å². The van der Waals surface area contributed by atoms with Gasteiger partial charge in [-0.2, -0.15) is 0 Å². The normalized spacial score (nSPS) is 22.9. The number of nitrogens with zero attached hydrogens (tertiary/aromatic N) is 3. The van der Waals surface area contributed by atoms with E-state index in [1.54, 1.807) is 0 Å². The third-order valence-corrected chi connectivity index (χ3v) is 4.49. The molecule has 0 aliphatic carbocycles. The summed E-state index contributed by atoms with van der Waals surface area (Å²) in [5.41, 5.74) is 2.25. The summed E-state index contributed by atoms with van der Waals surface area (Å²) in [6.07, 6.45) is 4.98. The van der Waals surface area contributed by atoms with E-state index in [0.29, 0.717) is 0 Å². The number of hydrogen-bond acceptors (Lipinski definition) is 3. The Bertz CT molecular complexity index is 611. The van der Waals surface area contributed by atoms with Crippen LogP contribution in [0.2, 0.25) is 0 Å². The number of rotatable bonds is 4. The van der Waals surface area contributed by atoms with E-state index in [-0.39, 0.29) is 17.8 Å². The average Bonchev–Trinajstić information content (AvgIpc) is 2.90. The van der Waals surface area contributed by atoms with E-state index in [9.17, 15) is 9.50 Å². The fourth-order valence-corrected chi connectivity index (χ4v) is 3.13. The molecule has 2 aromatic rings. The minimum atomic E-state index is -0.284. The van der Waals surface area contributed by atoms with Crippen LogP contribution in [0.1, 0.15) is 17.7 Å². The first-order chi connectivity index (χ1) is 10.6. The summed E-state index contributed by atoms with van der Waals surface area (Å²) in [6.45, 7) is 2.60. The van der Waals surface area contributed by atoms with Gasteiger partial charge in [-0.25, -0.2) is 9.37 Å². The first-order valence-corrected chi connectivity index (χ1v) is 7.72. The first kappa shape index (κ1) is 15.2. The molecule has 3 rings (SSSR count). The number of aliphatic hydroxyl groups is 1. The van der Waals surface area contributed by atoms with Gasteiger partial charge in [0, 0.05) is 38.8 Å². The van der Waals surface area contributed by atoms with Crippen LogP contribution in [-0.2, 0) is 20.0 Å². The molecular formula is C17H22FN3O. The lowest BCUT2D eigenvalue weighted by Crippen LogP contribution is -2.43. The molecule has 1 saturated heterocycles. The Morgan fingerprint density at radius 3 is 2.77 bits per heavy atom. The predicted molar refractivity (Wildman–Crippen MR) is 82.7 cm³/mol. The van der Waals surface area contributed by atoms with E-state index in [0.717, 1.165) is 38.0 Å². The third kappa shape index (κ3) is 3.54. The monoisotopic (exact) mass is 303 g/mol. The molecule has 1 aliphatic rings. The van der Waals surface area contributed by atoms with Crippen molar-refractivity contribution in [3.05, 3.63) is 53.9 Å². The van der Waals surface area contributed by atoms with Crippen molar-refractivity contribution >= 4 is 0 Å². The summed E-state index contributed by atoms with van der Waals surface area (Å²) < 4.78 is 15.0. The lowest BCUT2D eigenvalue weighted by Gasteiger charge is -2.36. The zero-order valence-electron chi connectivity index (χ0n) is 12.8. The van der Waals surface area contributed by atoms with Gasteiger partial charge in [-0.3, -0.25) is 4.90 Å². The maximum absolute atomic E-state index is 13.0. The number of piperidine rings is 1. The molecule has 4 nitrogen and oxygen atoms in total. The zero-order valence-corrected chi connectivity index (χ0v) is 12.8. The molecule has 1 fully saturated rings. The minimum absolute atomic E-state index is 0.187. The van der Waals surface area contributed by atoms with Crippen molar-refractivity contribution in [1.29, 1.82) is 0 Å². The molecule has 1 aromatic heterocycles. The molecule has 0 unspecified atom stereocenters. The number of benzene rings is 1. The Morgan fingerprint density at radius 1 is 1.32 bits per heavy atom. The van der Waals surface area contributed by atoms with Gasteiger partial charge in [0.25, 0.3) is 0 Å². The van der Waals surface area contributed by atoms with Gasteiger partial charge in [-0.05, 0) is 30.5 Å². The van der Waals surface area contributed by atoms with E-state index in [2.05, 4.69) is 9.88 Å². The number of aryl methyl sites for hydroxylation is 1. The molecular weight excluding hydrogens is 281 g/mol. The molecule has 118 valence electrons. The van der Waals surface area contributed by atoms with Gasteiger partial charge < -0.3 is 9.67 Å². The molecule has 0 radical (unpaired) electrons. The second-order valence-corrected chi connectivity index (χ2v) is 6.18. The fraction of sp³-hybridized carbons (Fsp3) is 0.471. The summed E-state index contributed by atoms with van der Waals surface area (Å²) in [4.78, 5) is 6.51. The van der Waals surface area contributed by atoms with Crippen LogP contribution in [0.15, 0.2) is 36.8 Å². The van der Waals surface area contributed by atoms with Crippen LogP contribution < -0.4 is 0 Å². The Kier molecular flexibility index (Phi) is 4.55. The van der Waals surface area contributed by atoms with E-state index in [1.165, 1.54) is 17.8 Å². The van der Waals surface area contributed by atoms with Crippen molar-refractivity contribution in [3.63, 3.8) is 0 Å². The third-order valence-electron chi connectivity index (χ3n) is 4.49. The number of aliphatic hydroxyl groups excluding tert-OH is 1. The molecule has 1 aromatic carbocycles. The van der Waals surface area contributed by atoms with Crippen LogP contribution in [-0.4, -0.2) is 38.8 Å². The van der Waals surface area contributed by atoms with Gasteiger partial charge in [-0.1, -0.05) is 12.1 Å². The summed E-state index contributed by atoms with van der Waals surface area (Å²) in [6, 6.07) is 6.58. The van der Waals surface area contributed by atoms with Gasteiger partial charge in [0.15, 0.2) is 0 Å². The Labute approximate surface area is 130 Å². The molecule has 5 heteroatoms. The highest BCUT2D eigenvalue weighted by molar-refractivity contribution is 5.17. The molecule has 0 saturated carbocycles. The van der Waals surface area contributed by atoms with E-state index < -0.39 is 0 Å². The highest BCUT2D eigenvalue weighted by Crippen LogP contribution is 2.23. The van der Waals surface area contributed by atoms with Crippen molar-refractivity contribution in [1.82, 2.24) is 14.5 Å². The molecule has 22 heavy (non-hydrogen) atoms. The Balaban J connectivity index is 1.63. The smallest absolute Gasteiger partial charge is 0.123 e. The number of aromatic nitrogens is 2. The zero-order chi connectivity index (χ0) is 15.5. The van der Waals surface area contributed by atoms with E-state index >= 15 is 0 Å². The Morgan fingerprint density at radius 2 is 2.09 bits per heavy atom. The van der Waals surface area contributed by atoms with Crippen molar-refractivity contribution in [2.45, 2.75) is 25.5 Å². The summed E-state index contributed by atoms with van der Waals surface area (Å²) in [7, 11) is 2.00. The second kappa shape index (κ2) is 6.58. The molecule has 2 atom stereocenters. The quantitative estimate of drug-likeness (QED) is 0.939. The van der Waals surface area contributed by atoms with Crippen LogP contribution >= 0.6 is 0 Å². The van der Waals surface area contributed by atoms with Crippen LogP contribution in [0.3, 0.4) is 0 Å². The topological polar surface area (TPSA) is 41.3 Å². The van der Waals surface area contributed by atoms with E-state index in [4.69, 9.17) is 0 Å². The van der Waals surface area contributed by atoms with Crippen LogP contribution in [0.25, 0.3) is 0 Å². The number of halogens is 1. The highest BCUT2D eigenvalue weighted by Gasteiger charge is 2.28. The fourth-order valence-electron chi connectivity index (χ4n) is 3.13. The molecule has 1 N–H and O–H groups in total. The van der Waals surface area contributed by atoms with Crippen LogP contribution in [0.5, 0.6) is 0 Å². The van der Waals surface area contributed by atoms with Gasteiger partial charge in [-0.15, -0.1) is 0 Å². The SMILES string of the molecule is Cn1cncc1CN1CC[C@H](O)[C@H](Cc2ccc(F)cc2)C1. The van der Waals surface area contributed by atoms with Crippen molar-refractivity contribution < 1.29 is 9.50 Å². The largest absolute Gasteiger partial charge is 0.393 e. The summed E-state index contributed by atoms with van der Waals surface area (Å²) in [5.74, 6) is -0.0294. The molecule has 1 aliphatic heterocycles. The Hall–Kier alpha value is -1.72. The highest BCUT2D eigenvalue weighted by atomic mass is 19.1. The standard InChI is InChI=1S/C17H22FN3O/c1-20-12-19-9-16(20)11-21-7-6-17(22)14(10-21)8-13-2-4-15(18)5-3-13/h2-5,9,12,14,17,22H,6-8,10-11H2,1H3/t14-,17+/m1/s1.